The van der Waals surface area contributed by atoms with Crippen LogP contribution in [0.15, 0.2) is 46.9 Å². The van der Waals surface area contributed by atoms with Crippen LogP contribution < -0.4 is 10.1 Å². The average Bonchev–Trinajstić information content (AvgIpc) is 2.41. The Kier molecular flexibility index (Phi) is 4.16. The average molecular weight is 324 g/mol. The van der Waals surface area contributed by atoms with Crippen LogP contribution in [0.3, 0.4) is 0 Å². The normalized spacial score (nSPS) is 10.1. The molecule has 0 aliphatic rings. The zero-order valence-corrected chi connectivity index (χ0v) is 11.7. The van der Waals surface area contributed by atoms with Crippen LogP contribution in [0, 0.1) is 5.82 Å². The van der Waals surface area contributed by atoms with Gasteiger partial charge in [-0.25, -0.2) is 4.39 Å². The van der Waals surface area contributed by atoms with E-state index in [0.717, 1.165) is 0 Å². The number of anilines is 1. The molecule has 0 aliphatic heterocycles. The third-order valence-corrected chi connectivity index (χ3v) is 3.22. The number of halogens is 2. The fourth-order valence-electron chi connectivity index (χ4n) is 1.58. The smallest absolute Gasteiger partial charge is 0.256 e. The molecule has 0 heterocycles. The summed E-state index contributed by atoms with van der Waals surface area (Å²) in [5.41, 5.74) is 0.977. The van der Waals surface area contributed by atoms with Crippen LogP contribution in [0.5, 0.6) is 5.75 Å². The van der Waals surface area contributed by atoms with Crippen molar-refractivity contribution in [1.82, 2.24) is 0 Å². The maximum atomic E-state index is 13.2. The molecule has 0 aliphatic carbocycles. The van der Waals surface area contributed by atoms with Crippen molar-refractivity contribution in [2.24, 2.45) is 0 Å². The highest BCUT2D eigenvalue weighted by Gasteiger charge is 2.11. The van der Waals surface area contributed by atoms with E-state index < -0.39 is 5.82 Å². The van der Waals surface area contributed by atoms with Gasteiger partial charge in [-0.2, -0.15) is 0 Å². The molecule has 0 radical (unpaired) electrons. The molecule has 0 saturated heterocycles. The first-order valence-corrected chi connectivity index (χ1v) is 6.30. The lowest BCUT2D eigenvalue weighted by molar-refractivity contribution is 0.102. The SMILES string of the molecule is COc1cc(NC(=O)c2ccccc2Br)ccc1F. The van der Waals surface area contributed by atoms with Crippen LogP contribution in [0.25, 0.3) is 0 Å². The first kappa shape index (κ1) is 13.5. The summed E-state index contributed by atoms with van der Waals surface area (Å²) in [6, 6.07) is 11.2. The molecule has 0 bridgehead atoms. The molecule has 98 valence electrons. The molecule has 5 heteroatoms. The van der Waals surface area contributed by atoms with Crippen LogP contribution in [-0.2, 0) is 0 Å². The van der Waals surface area contributed by atoms with E-state index >= 15 is 0 Å². The number of carbonyl (C=O) groups excluding carboxylic acids is 1. The number of hydrogen-bond donors (Lipinski definition) is 1. The number of benzene rings is 2. The van der Waals surface area contributed by atoms with Gasteiger partial charge in [-0.15, -0.1) is 0 Å². The largest absolute Gasteiger partial charge is 0.494 e. The molecular formula is C14H11BrFNO2. The number of methoxy groups -OCH3 is 1. The lowest BCUT2D eigenvalue weighted by Gasteiger charge is -2.08. The highest BCUT2D eigenvalue weighted by atomic mass is 79.9. The molecule has 2 aromatic carbocycles. The minimum Gasteiger partial charge on any atom is -0.494 e. The molecule has 0 atom stereocenters. The zero-order valence-electron chi connectivity index (χ0n) is 10.1. The van der Waals surface area contributed by atoms with Crippen LogP contribution in [-0.4, -0.2) is 13.0 Å². The second-order valence-corrected chi connectivity index (χ2v) is 4.64. The number of hydrogen-bond acceptors (Lipinski definition) is 2. The lowest BCUT2D eigenvalue weighted by atomic mass is 10.2. The van der Waals surface area contributed by atoms with Crippen molar-refractivity contribution < 1.29 is 13.9 Å². The van der Waals surface area contributed by atoms with E-state index in [-0.39, 0.29) is 11.7 Å². The molecule has 1 amide bonds. The molecule has 19 heavy (non-hydrogen) atoms. The van der Waals surface area contributed by atoms with E-state index in [0.29, 0.717) is 15.7 Å². The van der Waals surface area contributed by atoms with Gasteiger partial charge in [-0.05, 0) is 40.2 Å². The molecule has 3 nitrogen and oxygen atoms in total. The van der Waals surface area contributed by atoms with E-state index in [1.165, 1.54) is 25.3 Å². The fraction of sp³-hybridized carbons (Fsp3) is 0.0714. The van der Waals surface area contributed by atoms with Crippen molar-refractivity contribution in [3.8, 4) is 5.75 Å². The Balaban J connectivity index is 2.22. The summed E-state index contributed by atoms with van der Waals surface area (Å²) in [5.74, 6) is -0.660. The summed E-state index contributed by atoms with van der Waals surface area (Å²) >= 11 is 3.30. The molecule has 0 saturated carbocycles. The molecule has 1 N–H and O–H groups in total. The number of carbonyl (C=O) groups is 1. The molecule has 0 spiro atoms. The van der Waals surface area contributed by atoms with Crippen molar-refractivity contribution in [1.29, 1.82) is 0 Å². The molecule has 0 unspecified atom stereocenters. The van der Waals surface area contributed by atoms with E-state index in [1.54, 1.807) is 18.2 Å². The summed E-state index contributed by atoms with van der Waals surface area (Å²) in [4.78, 5) is 12.0. The fourth-order valence-corrected chi connectivity index (χ4v) is 2.05. The Morgan fingerprint density at radius 1 is 1.26 bits per heavy atom. The van der Waals surface area contributed by atoms with Crippen LogP contribution in [0.4, 0.5) is 10.1 Å². The number of rotatable bonds is 3. The van der Waals surface area contributed by atoms with Crippen LogP contribution in [0.1, 0.15) is 10.4 Å². The van der Waals surface area contributed by atoms with Gasteiger partial charge >= 0.3 is 0 Å². The van der Waals surface area contributed by atoms with Gasteiger partial charge in [0.15, 0.2) is 11.6 Å². The van der Waals surface area contributed by atoms with E-state index in [2.05, 4.69) is 21.2 Å². The third-order valence-electron chi connectivity index (χ3n) is 2.53. The van der Waals surface area contributed by atoms with Crippen molar-refractivity contribution >= 4 is 27.5 Å². The second kappa shape index (κ2) is 5.84. The maximum Gasteiger partial charge on any atom is 0.256 e. The van der Waals surface area contributed by atoms with Gasteiger partial charge in [0.25, 0.3) is 5.91 Å². The van der Waals surface area contributed by atoms with Gasteiger partial charge in [0.05, 0.1) is 12.7 Å². The third kappa shape index (κ3) is 3.12. The summed E-state index contributed by atoms with van der Waals surface area (Å²) in [5, 5.41) is 2.69. The number of ether oxygens (including phenoxy) is 1. The predicted octanol–water partition coefficient (Wildman–Crippen LogP) is 3.85. The number of amides is 1. The first-order chi connectivity index (χ1) is 9.11. The Morgan fingerprint density at radius 2 is 2.00 bits per heavy atom. The Bertz CT molecular complexity index is 616. The van der Waals surface area contributed by atoms with E-state index in [9.17, 15) is 9.18 Å². The van der Waals surface area contributed by atoms with Crippen molar-refractivity contribution in [3.05, 3.63) is 58.3 Å². The van der Waals surface area contributed by atoms with Gasteiger partial charge in [0, 0.05) is 16.2 Å². The van der Waals surface area contributed by atoms with Gasteiger partial charge in [-0.3, -0.25) is 4.79 Å². The van der Waals surface area contributed by atoms with Crippen LogP contribution in [0.2, 0.25) is 0 Å². The summed E-state index contributed by atoms with van der Waals surface area (Å²) < 4.78 is 18.8. The van der Waals surface area contributed by atoms with Gasteiger partial charge in [-0.1, -0.05) is 12.1 Å². The van der Waals surface area contributed by atoms with Gasteiger partial charge in [0.2, 0.25) is 0 Å². The number of nitrogens with one attached hydrogen (secondary N) is 1. The molecule has 0 aromatic heterocycles. The highest BCUT2D eigenvalue weighted by molar-refractivity contribution is 9.10. The highest BCUT2D eigenvalue weighted by Crippen LogP contribution is 2.23. The minimum atomic E-state index is -0.471. The Morgan fingerprint density at radius 3 is 2.68 bits per heavy atom. The zero-order chi connectivity index (χ0) is 13.8. The monoisotopic (exact) mass is 323 g/mol. The van der Waals surface area contributed by atoms with Gasteiger partial charge < -0.3 is 10.1 Å². The summed E-state index contributed by atoms with van der Waals surface area (Å²) in [6.07, 6.45) is 0. The standard InChI is InChI=1S/C14H11BrFNO2/c1-19-13-8-9(6-7-12(13)16)17-14(18)10-4-2-3-5-11(10)15/h2-8H,1H3,(H,17,18). The minimum absolute atomic E-state index is 0.0879. The molecule has 2 rings (SSSR count). The molecular weight excluding hydrogens is 313 g/mol. The summed E-state index contributed by atoms with van der Waals surface area (Å²) in [7, 11) is 1.37. The first-order valence-electron chi connectivity index (χ1n) is 5.51. The van der Waals surface area contributed by atoms with Crippen molar-refractivity contribution in [2.45, 2.75) is 0 Å². The predicted molar refractivity (Wildman–Crippen MR) is 75.0 cm³/mol. The van der Waals surface area contributed by atoms with Crippen molar-refractivity contribution in [2.75, 3.05) is 12.4 Å². The van der Waals surface area contributed by atoms with Crippen molar-refractivity contribution in [3.63, 3.8) is 0 Å². The lowest BCUT2D eigenvalue weighted by Crippen LogP contribution is -2.12. The topological polar surface area (TPSA) is 38.3 Å². The second-order valence-electron chi connectivity index (χ2n) is 3.78. The summed E-state index contributed by atoms with van der Waals surface area (Å²) in [6.45, 7) is 0. The van der Waals surface area contributed by atoms with E-state index in [1.807, 2.05) is 6.07 Å². The Labute approximate surface area is 118 Å². The van der Waals surface area contributed by atoms with E-state index in [4.69, 9.17) is 4.74 Å². The van der Waals surface area contributed by atoms with Crippen LogP contribution >= 0.6 is 15.9 Å². The molecule has 0 fully saturated rings. The van der Waals surface area contributed by atoms with Gasteiger partial charge in [0.1, 0.15) is 0 Å². The quantitative estimate of drug-likeness (QED) is 0.931. The Hall–Kier alpha value is -1.88. The molecule has 2 aromatic rings. The maximum absolute atomic E-state index is 13.2.